The monoisotopic (exact) mass is 420 g/mol. The van der Waals surface area contributed by atoms with Crippen molar-refractivity contribution in [3.63, 3.8) is 0 Å². The smallest absolute Gasteiger partial charge is 0.165 e. The van der Waals surface area contributed by atoms with Gasteiger partial charge >= 0.3 is 0 Å². The number of Topliss-reactive ketones (excluding diaryl/α,β-unsaturated/α-hetero) is 1. The zero-order valence-electron chi connectivity index (χ0n) is 18.5. The lowest BCUT2D eigenvalue weighted by Crippen LogP contribution is -2.68. The van der Waals surface area contributed by atoms with Crippen LogP contribution in [0.1, 0.15) is 66.7 Å². The summed E-state index contributed by atoms with van der Waals surface area (Å²) < 4.78 is 28.8. The lowest BCUT2D eigenvalue weighted by Gasteiger charge is -2.61. The number of hydrogen-bond donors (Lipinski definition) is 1. The van der Waals surface area contributed by atoms with E-state index in [0.717, 1.165) is 18.4 Å². The molecule has 30 heavy (non-hydrogen) atoms. The number of ether oxygens (including phenoxy) is 2. The van der Waals surface area contributed by atoms with Gasteiger partial charge in [0.1, 0.15) is 6.17 Å². The molecular formula is C24H33FO5. The Balaban J connectivity index is 1.63. The van der Waals surface area contributed by atoms with Crippen molar-refractivity contribution >= 4 is 11.6 Å². The third kappa shape index (κ3) is 2.23. The first-order valence-electron chi connectivity index (χ1n) is 11.3. The highest BCUT2D eigenvalue weighted by molar-refractivity contribution is 5.91. The molecule has 0 radical (unpaired) electrons. The number of hydrogen-bond acceptors (Lipinski definition) is 5. The minimum Gasteiger partial charge on any atom is -0.390 e. The van der Waals surface area contributed by atoms with Gasteiger partial charge in [0.15, 0.2) is 23.0 Å². The number of halogens is 1. The van der Waals surface area contributed by atoms with Gasteiger partial charge in [-0.05, 0) is 75.7 Å². The van der Waals surface area contributed by atoms with Crippen molar-refractivity contribution in [2.75, 3.05) is 0 Å². The highest BCUT2D eigenvalue weighted by atomic mass is 19.1. The van der Waals surface area contributed by atoms with Crippen molar-refractivity contribution in [3.05, 3.63) is 11.6 Å². The van der Waals surface area contributed by atoms with Gasteiger partial charge in [0.2, 0.25) is 0 Å². The SMILES string of the molecule is CC(=O)[C@@]12OC(C)(C)O[C@@H]1C[C@H]1[C@@H]3CCC4=CC(=O)CC[C@]4(C)[C@H]3[C@@H](O)[C@H](F)[C@@]12C. The highest BCUT2D eigenvalue weighted by Gasteiger charge is 2.79. The Hall–Kier alpha value is -1.11. The Morgan fingerprint density at radius 1 is 1.23 bits per heavy atom. The summed E-state index contributed by atoms with van der Waals surface area (Å²) in [5.74, 6) is -1.39. The summed E-state index contributed by atoms with van der Waals surface area (Å²) in [7, 11) is 0. The third-order valence-corrected chi connectivity index (χ3v) is 9.51. The molecule has 1 N–H and O–H groups in total. The van der Waals surface area contributed by atoms with Crippen molar-refractivity contribution in [3.8, 4) is 0 Å². The molecule has 0 amide bonds. The van der Waals surface area contributed by atoms with Gasteiger partial charge in [-0.25, -0.2) is 4.39 Å². The molecule has 4 fully saturated rings. The molecule has 5 rings (SSSR count). The maximum Gasteiger partial charge on any atom is 0.165 e. The lowest BCUT2D eigenvalue weighted by atomic mass is 9.44. The van der Waals surface area contributed by atoms with Gasteiger partial charge in [-0.3, -0.25) is 9.59 Å². The predicted molar refractivity (Wildman–Crippen MR) is 107 cm³/mol. The van der Waals surface area contributed by atoms with Crippen LogP contribution in [-0.4, -0.2) is 46.4 Å². The molecule has 1 saturated heterocycles. The van der Waals surface area contributed by atoms with Gasteiger partial charge in [-0.2, -0.15) is 0 Å². The van der Waals surface area contributed by atoms with E-state index in [9.17, 15) is 14.7 Å². The van der Waals surface area contributed by atoms with Crippen LogP contribution in [0.25, 0.3) is 0 Å². The summed E-state index contributed by atoms with van der Waals surface area (Å²) in [6.07, 6.45) is 1.62. The molecule has 166 valence electrons. The largest absolute Gasteiger partial charge is 0.390 e. The van der Waals surface area contributed by atoms with Crippen LogP contribution in [0.15, 0.2) is 11.6 Å². The van der Waals surface area contributed by atoms with Crippen molar-refractivity contribution < 1.29 is 28.6 Å². The zero-order chi connectivity index (χ0) is 21.9. The summed E-state index contributed by atoms with van der Waals surface area (Å²) in [6.45, 7) is 8.88. The Kier molecular flexibility index (Phi) is 4.17. The van der Waals surface area contributed by atoms with Gasteiger partial charge in [0.25, 0.3) is 0 Å². The highest BCUT2D eigenvalue weighted by Crippen LogP contribution is 2.71. The van der Waals surface area contributed by atoms with E-state index >= 15 is 4.39 Å². The second kappa shape index (κ2) is 6.02. The average Bonchev–Trinajstić information content (AvgIpc) is 3.07. The number of fused-ring (bicyclic) bond motifs is 7. The zero-order valence-corrected chi connectivity index (χ0v) is 18.5. The predicted octanol–water partition coefficient (Wildman–Crippen LogP) is 3.53. The number of aliphatic hydroxyl groups is 1. The van der Waals surface area contributed by atoms with Gasteiger partial charge in [-0.15, -0.1) is 0 Å². The van der Waals surface area contributed by atoms with E-state index < -0.39 is 35.2 Å². The summed E-state index contributed by atoms with van der Waals surface area (Å²) in [6, 6.07) is 0. The quantitative estimate of drug-likeness (QED) is 0.703. The normalized spacial score (nSPS) is 54.0. The van der Waals surface area contributed by atoms with Crippen molar-refractivity contribution in [2.24, 2.45) is 28.6 Å². The van der Waals surface area contributed by atoms with Crippen LogP contribution in [0.5, 0.6) is 0 Å². The van der Waals surface area contributed by atoms with Crippen LogP contribution in [0.2, 0.25) is 0 Å². The fourth-order valence-electron chi connectivity index (χ4n) is 8.34. The number of ketones is 2. The Labute approximate surface area is 177 Å². The minimum absolute atomic E-state index is 0.0597. The molecular weight excluding hydrogens is 387 g/mol. The van der Waals surface area contributed by atoms with Crippen LogP contribution in [0.4, 0.5) is 4.39 Å². The van der Waals surface area contributed by atoms with Crippen LogP contribution >= 0.6 is 0 Å². The Bertz CT molecular complexity index is 851. The second-order valence-electron chi connectivity index (χ2n) is 11.2. The van der Waals surface area contributed by atoms with Crippen molar-refractivity contribution in [1.82, 2.24) is 0 Å². The van der Waals surface area contributed by atoms with E-state index in [1.807, 2.05) is 0 Å². The number of carbonyl (C=O) groups is 2. The molecule has 0 spiro atoms. The minimum atomic E-state index is -1.61. The molecule has 5 nitrogen and oxygen atoms in total. The molecule has 4 aliphatic carbocycles. The Morgan fingerprint density at radius 3 is 2.60 bits per heavy atom. The first-order valence-corrected chi connectivity index (χ1v) is 11.3. The second-order valence-corrected chi connectivity index (χ2v) is 11.2. The molecule has 0 aromatic heterocycles. The molecule has 5 aliphatic rings. The molecule has 6 heteroatoms. The van der Waals surface area contributed by atoms with Crippen LogP contribution in [0, 0.1) is 28.6 Å². The molecule has 1 heterocycles. The molecule has 3 saturated carbocycles. The molecule has 1 aliphatic heterocycles. The number of aliphatic hydroxyl groups excluding tert-OH is 1. The van der Waals surface area contributed by atoms with E-state index in [-0.39, 0.29) is 34.7 Å². The topological polar surface area (TPSA) is 72.8 Å². The van der Waals surface area contributed by atoms with Gasteiger partial charge in [-0.1, -0.05) is 19.4 Å². The number of allylic oxidation sites excluding steroid dienone is 1. The van der Waals surface area contributed by atoms with E-state index in [1.165, 1.54) is 6.92 Å². The van der Waals surface area contributed by atoms with Gasteiger partial charge in [0, 0.05) is 11.8 Å². The fraction of sp³-hybridized carbons (Fsp3) is 0.833. The van der Waals surface area contributed by atoms with Gasteiger partial charge < -0.3 is 14.6 Å². The third-order valence-electron chi connectivity index (χ3n) is 9.51. The van der Waals surface area contributed by atoms with Crippen LogP contribution < -0.4 is 0 Å². The summed E-state index contributed by atoms with van der Waals surface area (Å²) in [4.78, 5) is 25.1. The van der Waals surface area contributed by atoms with Crippen LogP contribution in [-0.2, 0) is 19.1 Å². The van der Waals surface area contributed by atoms with Crippen molar-refractivity contribution in [2.45, 2.75) is 96.5 Å². The van der Waals surface area contributed by atoms with E-state index in [4.69, 9.17) is 9.47 Å². The Morgan fingerprint density at radius 2 is 1.93 bits per heavy atom. The molecule has 0 aromatic carbocycles. The van der Waals surface area contributed by atoms with E-state index in [2.05, 4.69) is 6.92 Å². The molecule has 0 bridgehead atoms. The number of rotatable bonds is 1. The molecule has 0 unspecified atom stereocenters. The summed E-state index contributed by atoms with van der Waals surface area (Å²) in [5, 5.41) is 11.4. The van der Waals surface area contributed by atoms with Crippen molar-refractivity contribution in [1.29, 1.82) is 0 Å². The number of alkyl halides is 1. The standard InChI is InChI=1S/C24H33FO5/c1-12(26)24-17(29-21(2,3)30-24)11-16-15-7-6-13-10-14(27)8-9-22(13,4)18(15)19(28)20(25)23(16,24)5/h10,15-20,28H,6-9,11H2,1-5H3/t15-,16-,17+,18+,19+,20-,22-,23+,24+/m0/s1. The first kappa shape index (κ1) is 20.8. The van der Waals surface area contributed by atoms with E-state index in [0.29, 0.717) is 19.3 Å². The maximum absolute atomic E-state index is 16.4. The van der Waals surface area contributed by atoms with Crippen LogP contribution in [0.3, 0.4) is 0 Å². The van der Waals surface area contributed by atoms with Gasteiger partial charge in [0.05, 0.1) is 12.2 Å². The number of carbonyl (C=O) groups excluding carboxylic acids is 2. The average molecular weight is 421 g/mol. The summed E-state index contributed by atoms with van der Waals surface area (Å²) >= 11 is 0. The first-order chi connectivity index (χ1) is 13.9. The molecule has 0 aromatic rings. The fourth-order valence-corrected chi connectivity index (χ4v) is 8.34. The van der Waals surface area contributed by atoms with E-state index in [1.54, 1.807) is 26.8 Å². The molecule has 9 atom stereocenters. The maximum atomic E-state index is 16.4. The lowest BCUT2D eigenvalue weighted by molar-refractivity contribution is -0.247. The summed E-state index contributed by atoms with van der Waals surface area (Å²) in [5.41, 5.74) is -1.86.